The molecule has 0 unspecified atom stereocenters. The zero-order chi connectivity index (χ0) is 18.9. The molecule has 0 fully saturated rings. The number of carbonyl (C=O) groups is 1. The van der Waals surface area contributed by atoms with Gasteiger partial charge in [0.15, 0.2) is 0 Å². The van der Waals surface area contributed by atoms with Crippen molar-refractivity contribution in [1.29, 1.82) is 0 Å². The van der Waals surface area contributed by atoms with Crippen molar-refractivity contribution in [3.05, 3.63) is 72.1 Å². The lowest BCUT2D eigenvalue weighted by Crippen LogP contribution is -2.15. The van der Waals surface area contributed by atoms with E-state index in [-0.39, 0.29) is 11.3 Å². The summed E-state index contributed by atoms with van der Waals surface area (Å²) < 4.78 is 55.9. The van der Waals surface area contributed by atoms with Crippen LogP contribution in [-0.2, 0) is 10.0 Å². The number of nitrogens with one attached hydrogen (secondary N) is 1. The number of nitrogens with zero attached hydrogens (tertiary/aromatic N) is 2. The summed E-state index contributed by atoms with van der Waals surface area (Å²) in [6.07, 6.45) is 2.92. The second-order valence-electron chi connectivity index (χ2n) is 5.17. The average molecular weight is 379 g/mol. The normalized spacial score (nSPS) is 11.3. The van der Waals surface area contributed by atoms with Gasteiger partial charge in [-0.05, 0) is 42.5 Å². The van der Waals surface area contributed by atoms with Crippen LogP contribution >= 0.6 is 0 Å². The van der Waals surface area contributed by atoms with Crippen LogP contribution in [0.15, 0.2) is 59.8 Å². The predicted octanol–water partition coefficient (Wildman–Crippen LogP) is 2.65. The predicted molar refractivity (Wildman–Crippen MR) is 87.7 cm³/mol. The standard InChI is InChI=1S/C16H11F2N3O4S/c17-12-4-2-10(16(22)23)8-14(12)20-26(24,25)11-3-5-15(13(18)9-11)21-7-1-6-19-21/h1-9,20H,(H,22,23). The Kier molecular flexibility index (Phi) is 4.43. The second kappa shape index (κ2) is 6.56. The highest BCUT2D eigenvalue weighted by Crippen LogP contribution is 2.23. The first-order valence-electron chi connectivity index (χ1n) is 7.13. The number of hydrogen-bond acceptors (Lipinski definition) is 4. The number of carboxylic acid groups (broad SMARTS) is 1. The summed E-state index contributed by atoms with van der Waals surface area (Å²) in [5, 5.41) is 12.8. The maximum absolute atomic E-state index is 14.2. The number of aromatic carboxylic acids is 1. The summed E-state index contributed by atoms with van der Waals surface area (Å²) >= 11 is 0. The van der Waals surface area contributed by atoms with Gasteiger partial charge in [-0.1, -0.05) is 0 Å². The van der Waals surface area contributed by atoms with E-state index in [1.54, 1.807) is 6.07 Å². The van der Waals surface area contributed by atoms with Crippen molar-refractivity contribution < 1.29 is 27.1 Å². The fourth-order valence-corrected chi connectivity index (χ4v) is 3.26. The molecule has 0 aliphatic heterocycles. The van der Waals surface area contributed by atoms with Gasteiger partial charge in [0.05, 0.1) is 16.1 Å². The summed E-state index contributed by atoms with van der Waals surface area (Å²) in [4.78, 5) is 10.5. The smallest absolute Gasteiger partial charge is 0.335 e. The molecule has 3 rings (SSSR count). The largest absolute Gasteiger partial charge is 0.478 e. The molecule has 2 aromatic carbocycles. The zero-order valence-corrected chi connectivity index (χ0v) is 13.7. The Labute approximate surface area is 146 Å². The number of rotatable bonds is 5. The first kappa shape index (κ1) is 17.5. The van der Waals surface area contributed by atoms with E-state index in [1.807, 2.05) is 4.72 Å². The first-order valence-corrected chi connectivity index (χ1v) is 8.61. The monoisotopic (exact) mass is 379 g/mol. The molecular formula is C16H11F2N3O4S. The molecule has 1 heterocycles. The van der Waals surface area contributed by atoms with Crippen LogP contribution in [0.1, 0.15) is 10.4 Å². The SMILES string of the molecule is O=C(O)c1ccc(F)c(NS(=O)(=O)c2ccc(-n3cccn3)c(F)c2)c1. The van der Waals surface area contributed by atoms with Crippen molar-refractivity contribution in [2.45, 2.75) is 4.90 Å². The number of aromatic nitrogens is 2. The van der Waals surface area contributed by atoms with Gasteiger partial charge in [0.1, 0.15) is 17.3 Å². The minimum absolute atomic E-state index is 0.0352. The third-order valence-electron chi connectivity index (χ3n) is 3.44. The minimum Gasteiger partial charge on any atom is -0.478 e. The van der Waals surface area contributed by atoms with Crippen LogP contribution in [-0.4, -0.2) is 29.3 Å². The number of hydrogen-bond donors (Lipinski definition) is 2. The van der Waals surface area contributed by atoms with Crippen molar-refractivity contribution >= 4 is 21.7 Å². The zero-order valence-electron chi connectivity index (χ0n) is 12.9. The van der Waals surface area contributed by atoms with Crippen molar-refractivity contribution in [3.8, 4) is 5.69 Å². The molecular weight excluding hydrogens is 368 g/mol. The van der Waals surface area contributed by atoms with Crippen LogP contribution in [0.4, 0.5) is 14.5 Å². The molecule has 134 valence electrons. The van der Waals surface area contributed by atoms with Gasteiger partial charge in [-0.25, -0.2) is 26.7 Å². The maximum atomic E-state index is 14.2. The number of anilines is 1. The van der Waals surface area contributed by atoms with Gasteiger partial charge in [0.2, 0.25) is 0 Å². The van der Waals surface area contributed by atoms with Gasteiger partial charge in [-0.15, -0.1) is 0 Å². The fourth-order valence-electron chi connectivity index (χ4n) is 2.19. The summed E-state index contributed by atoms with van der Waals surface area (Å²) in [7, 11) is -4.34. The molecule has 2 N–H and O–H groups in total. The number of halogens is 2. The van der Waals surface area contributed by atoms with Gasteiger partial charge in [-0.2, -0.15) is 5.10 Å². The highest BCUT2D eigenvalue weighted by Gasteiger charge is 2.20. The topological polar surface area (TPSA) is 101 Å². The third kappa shape index (κ3) is 3.40. The lowest BCUT2D eigenvalue weighted by Gasteiger charge is -2.11. The van der Waals surface area contributed by atoms with Gasteiger partial charge in [0, 0.05) is 12.4 Å². The van der Waals surface area contributed by atoms with Gasteiger partial charge >= 0.3 is 5.97 Å². The quantitative estimate of drug-likeness (QED) is 0.710. The Morgan fingerprint density at radius 1 is 1.12 bits per heavy atom. The molecule has 10 heteroatoms. The van der Waals surface area contributed by atoms with E-state index < -0.39 is 38.2 Å². The molecule has 0 saturated carbocycles. The van der Waals surface area contributed by atoms with E-state index in [0.29, 0.717) is 0 Å². The molecule has 0 radical (unpaired) electrons. The summed E-state index contributed by atoms with van der Waals surface area (Å²) in [6, 6.07) is 7.32. The Balaban J connectivity index is 1.95. The van der Waals surface area contributed by atoms with E-state index in [2.05, 4.69) is 5.10 Å². The Morgan fingerprint density at radius 3 is 2.50 bits per heavy atom. The van der Waals surface area contributed by atoms with Gasteiger partial charge < -0.3 is 5.11 Å². The lowest BCUT2D eigenvalue weighted by atomic mass is 10.2. The number of benzene rings is 2. The molecule has 0 amide bonds. The molecule has 3 aromatic rings. The lowest BCUT2D eigenvalue weighted by molar-refractivity contribution is 0.0697. The van der Waals surface area contributed by atoms with Crippen molar-refractivity contribution in [2.24, 2.45) is 0 Å². The highest BCUT2D eigenvalue weighted by atomic mass is 32.2. The molecule has 7 nitrogen and oxygen atoms in total. The summed E-state index contributed by atoms with van der Waals surface area (Å²) in [5.74, 6) is -3.16. The van der Waals surface area contributed by atoms with Crippen molar-refractivity contribution in [2.75, 3.05) is 4.72 Å². The Morgan fingerprint density at radius 2 is 1.88 bits per heavy atom. The number of sulfonamides is 1. The van der Waals surface area contributed by atoms with Crippen molar-refractivity contribution in [1.82, 2.24) is 9.78 Å². The Bertz CT molecular complexity index is 1080. The van der Waals surface area contributed by atoms with Crippen LogP contribution in [0, 0.1) is 11.6 Å². The van der Waals surface area contributed by atoms with Gasteiger partial charge in [0.25, 0.3) is 10.0 Å². The number of carboxylic acids is 1. The van der Waals surface area contributed by atoms with Crippen LogP contribution < -0.4 is 4.72 Å². The maximum Gasteiger partial charge on any atom is 0.335 e. The van der Waals surface area contributed by atoms with Gasteiger partial charge in [-0.3, -0.25) is 4.72 Å². The highest BCUT2D eigenvalue weighted by molar-refractivity contribution is 7.92. The fraction of sp³-hybridized carbons (Fsp3) is 0. The van der Waals surface area contributed by atoms with Crippen molar-refractivity contribution in [3.63, 3.8) is 0 Å². The average Bonchev–Trinajstić information content (AvgIpc) is 3.10. The van der Waals surface area contributed by atoms with Crippen LogP contribution in [0.2, 0.25) is 0 Å². The van der Waals surface area contributed by atoms with Crippen LogP contribution in [0.25, 0.3) is 5.69 Å². The molecule has 1 aromatic heterocycles. The first-order chi connectivity index (χ1) is 12.3. The summed E-state index contributed by atoms with van der Waals surface area (Å²) in [5.41, 5.74) is -0.821. The van der Waals surface area contributed by atoms with E-state index in [0.717, 1.165) is 30.3 Å². The summed E-state index contributed by atoms with van der Waals surface area (Å²) in [6.45, 7) is 0. The third-order valence-corrected chi connectivity index (χ3v) is 4.80. The molecule has 0 aliphatic carbocycles. The molecule has 0 aliphatic rings. The van der Waals surface area contributed by atoms with E-state index in [4.69, 9.17) is 5.11 Å². The van der Waals surface area contributed by atoms with E-state index in [9.17, 15) is 22.0 Å². The molecule has 0 bridgehead atoms. The molecule has 0 saturated heterocycles. The molecule has 0 spiro atoms. The van der Waals surface area contributed by atoms with Crippen LogP contribution in [0.5, 0.6) is 0 Å². The molecule has 0 atom stereocenters. The minimum atomic E-state index is -4.34. The van der Waals surface area contributed by atoms with E-state index in [1.165, 1.54) is 23.1 Å². The molecule has 26 heavy (non-hydrogen) atoms. The second-order valence-corrected chi connectivity index (χ2v) is 6.85. The van der Waals surface area contributed by atoms with Crippen LogP contribution in [0.3, 0.4) is 0 Å². The van der Waals surface area contributed by atoms with E-state index >= 15 is 0 Å². The Hall–Kier alpha value is -3.27.